The Morgan fingerprint density at radius 1 is 1.19 bits per heavy atom. The van der Waals surface area contributed by atoms with Gasteiger partial charge in [0.15, 0.2) is 9.84 Å². The minimum Gasteiger partial charge on any atom is -0.506 e. The van der Waals surface area contributed by atoms with Crippen molar-refractivity contribution >= 4 is 44.6 Å². The summed E-state index contributed by atoms with van der Waals surface area (Å²) < 4.78 is 29.3. The largest absolute Gasteiger partial charge is 0.506 e. The van der Waals surface area contributed by atoms with Crippen LogP contribution < -0.4 is 10.1 Å². The fourth-order valence-corrected chi connectivity index (χ4v) is 3.56. The third-order valence-corrected chi connectivity index (χ3v) is 5.94. The van der Waals surface area contributed by atoms with Gasteiger partial charge >= 0.3 is 0 Å². The van der Waals surface area contributed by atoms with Gasteiger partial charge in [-0.05, 0) is 42.8 Å². The van der Waals surface area contributed by atoms with Gasteiger partial charge < -0.3 is 15.2 Å². The van der Waals surface area contributed by atoms with Crippen LogP contribution in [-0.2, 0) is 14.6 Å². The van der Waals surface area contributed by atoms with E-state index in [1.807, 2.05) is 0 Å². The molecule has 2 N–H and O–H groups in total. The monoisotopic (exact) mass is 431 g/mol. The first-order chi connectivity index (χ1) is 12.7. The van der Waals surface area contributed by atoms with E-state index in [0.29, 0.717) is 22.2 Å². The summed E-state index contributed by atoms with van der Waals surface area (Å²) in [5, 5.41) is 13.2. The summed E-state index contributed by atoms with van der Waals surface area (Å²) in [6.07, 6.45) is 0.522. The Bertz CT molecular complexity index is 931. The first kappa shape index (κ1) is 21.3. The van der Waals surface area contributed by atoms with Crippen LogP contribution in [-0.4, -0.2) is 31.8 Å². The number of phenols is 1. The SMILES string of the molecule is CCS(=O)(=O)c1ccc(O)c(NC(=O)CCCOc2ccc(Cl)cc2Cl)c1. The lowest BCUT2D eigenvalue weighted by atomic mass is 10.2. The van der Waals surface area contributed by atoms with Gasteiger partial charge in [0, 0.05) is 11.4 Å². The van der Waals surface area contributed by atoms with Gasteiger partial charge in [0.25, 0.3) is 0 Å². The molecule has 0 bridgehead atoms. The number of benzene rings is 2. The number of hydrogen-bond donors (Lipinski definition) is 2. The van der Waals surface area contributed by atoms with E-state index in [2.05, 4.69) is 5.32 Å². The summed E-state index contributed by atoms with van der Waals surface area (Å²) in [4.78, 5) is 12.1. The lowest BCUT2D eigenvalue weighted by molar-refractivity contribution is -0.116. The first-order valence-electron chi connectivity index (χ1n) is 8.16. The van der Waals surface area contributed by atoms with Crippen molar-refractivity contribution in [2.45, 2.75) is 24.7 Å². The van der Waals surface area contributed by atoms with Crippen LogP contribution in [0, 0.1) is 0 Å². The Morgan fingerprint density at radius 3 is 2.59 bits per heavy atom. The molecule has 0 saturated carbocycles. The first-order valence-corrected chi connectivity index (χ1v) is 10.6. The number of sulfone groups is 1. The van der Waals surface area contributed by atoms with Crippen molar-refractivity contribution in [3.63, 3.8) is 0 Å². The third kappa shape index (κ3) is 6.02. The molecule has 0 aliphatic carbocycles. The van der Waals surface area contributed by atoms with Crippen LogP contribution in [0.15, 0.2) is 41.3 Å². The van der Waals surface area contributed by atoms with Gasteiger partial charge in [-0.25, -0.2) is 8.42 Å². The number of rotatable bonds is 8. The Morgan fingerprint density at radius 2 is 1.93 bits per heavy atom. The van der Waals surface area contributed by atoms with Gasteiger partial charge in [-0.3, -0.25) is 4.79 Å². The highest BCUT2D eigenvalue weighted by molar-refractivity contribution is 7.91. The molecule has 0 atom stereocenters. The minimum absolute atomic E-state index is 0.0406. The van der Waals surface area contributed by atoms with E-state index in [4.69, 9.17) is 27.9 Å². The maximum absolute atomic E-state index is 12.0. The number of carbonyl (C=O) groups is 1. The number of ether oxygens (including phenoxy) is 1. The zero-order valence-electron chi connectivity index (χ0n) is 14.5. The van der Waals surface area contributed by atoms with E-state index >= 15 is 0 Å². The molecule has 0 aliphatic rings. The summed E-state index contributed by atoms with van der Waals surface area (Å²) in [5.41, 5.74) is 0.0520. The zero-order valence-corrected chi connectivity index (χ0v) is 16.9. The number of amides is 1. The average molecular weight is 432 g/mol. The summed E-state index contributed by atoms with van der Waals surface area (Å²) >= 11 is 11.8. The summed E-state index contributed by atoms with van der Waals surface area (Å²) in [6, 6.07) is 8.64. The number of carbonyl (C=O) groups excluding carboxylic acids is 1. The van der Waals surface area contributed by atoms with Crippen LogP contribution >= 0.6 is 23.2 Å². The standard InChI is InChI=1S/C18H19Cl2NO5S/c1-2-27(24,25)13-6-7-16(22)15(11-13)21-18(23)4-3-9-26-17-8-5-12(19)10-14(17)20/h5-8,10-11,22H,2-4,9H2,1H3,(H,21,23). The molecular weight excluding hydrogens is 413 g/mol. The third-order valence-electron chi connectivity index (χ3n) is 3.68. The molecule has 0 radical (unpaired) electrons. The molecule has 146 valence electrons. The maximum Gasteiger partial charge on any atom is 0.224 e. The molecule has 0 aliphatic heterocycles. The zero-order chi connectivity index (χ0) is 20.0. The molecule has 2 rings (SSSR count). The Balaban J connectivity index is 1.89. The summed E-state index contributed by atoms with van der Waals surface area (Å²) in [7, 11) is -3.44. The molecular formula is C18H19Cl2NO5S. The Hall–Kier alpha value is -1.96. The molecule has 0 saturated heterocycles. The van der Waals surface area contributed by atoms with Crippen LogP contribution in [0.4, 0.5) is 5.69 Å². The topological polar surface area (TPSA) is 92.7 Å². The molecule has 0 unspecified atom stereocenters. The second-order valence-corrected chi connectivity index (χ2v) is 8.78. The lowest BCUT2D eigenvalue weighted by Gasteiger charge is -2.10. The summed E-state index contributed by atoms with van der Waals surface area (Å²) in [6.45, 7) is 1.78. The fourth-order valence-electron chi connectivity index (χ4n) is 2.20. The molecule has 6 nitrogen and oxygen atoms in total. The second-order valence-electron chi connectivity index (χ2n) is 5.66. The molecule has 9 heteroatoms. The average Bonchev–Trinajstić information content (AvgIpc) is 2.62. The van der Waals surface area contributed by atoms with Crippen molar-refractivity contribution < 1.29 is 23.1 Å². The Labute approximate surface area is 168 Å². The highest BCUT2D eigenvalue weighted by Gasteiger charge is 2.15. The van der Waals surface area contributed by atoms with Crippen molar-refractivity contribution in [1.29, 1.82) is 0 Å². The predicted octanol–water partition coefficient (Wildman–Crippen LogP) is 4.29. The van der Waals surface area contributed by atoms with Crippen LogP contribution in [0.2, 0.25) is 10.0 Å². The Kier molecular flexibility index (Phi) is 7.35. The molecule has 2 aromatic rings. The lowest BCUT2D eigenvalue weighted by Crippen LogP contribution is -2.13. The quantitative estimate of drug-likeness (QED) is 0.480. The fraction of sp³-hybridized carbons (Fsp3) is 0.278. The smallest absolute Gasteiger partial charge is 0.224 e. The van der Waals surface area contributed by atoms with Gasteiger partial charge in [0.2, 0.25) is 5.91 Å². The second kappa shape index (κ2) is 9.30. The van der Waals surface area contributed by atoms with Crippen molar-refractivity contribution in [3.8, 4) is 11.5 Å². The number of anilines is 1. The van der Waals surface area contributed by atoms with E-state index in [0.717, 1.165) is 0 Å². The molecule has 2 aromatic carbocycles. The molecule has 0 spiro atoms. The van der Waals surface area contributed by atoms with Crippen molar-refractivity contribution in [1.82, 2.24) is 0 Å². The van der Waals surface area contributed by atoms with Gasteiger partial charge in [0.1, 0.15) is 11.5 Å². The van der Waals surface area contributed by atoms with Crippen LogP contribution in [0.5, 0.6) is 11.5 Å². The number of nitrogens with one attached hydrogen (secondary N) is 1. The number of phenolic OH excluding ortho intramolecular Hbond substituents is 1. The predicted molar refractivity (Wildman–Crippen MR) is 106 cm³/mol. The normalized spacial score (nSPS) is 11.2. The van der Waals surface area contributed by atoms with Gasteiger partial charge in [0.05, 0.1) is 28.0 Å². The van der Waals surface area contributed by atoms with Gasteiger partial charge in [-0.2, -0.15) is 0 Å². The molecule has 1 amide bonds. The van der Waals surface area contributed by atoms with E-state index in [9.17, 15) is 18.3 Å². The van der Waals surface area contributed by atoms with E-state index in [-0.39, 0.29) is 41.0 Å². The van der Waals surface area contributed by atoms with Gasteiger partial charge in [-0.1, -0.05) is 30.1 Å². The van der Waals surface area contributed by atoms with Crippen molar-refractivity contribution in [2.24, 2.45) is 0 Å². The highest BCUT2D eigenvalue weighted by atomic mass is 35.5. The number of halogens is 2. The number of aromatic hydroxyl groups is 1. The van der Waals surface area contributed by atoms with Crippen LogP contribution in [0.3, 0.4) is 0 Å². The highest BCUT2D eigenvalue weighted by Crippen LogP contribution is 2.28. The molecule has 0 aromatic heterocycles. The number of hydrogen-bond acceptors (Lipinski definition) is 5. The molecule has 27 heavy (non-hydrogen) atoms. The van der Waals surface area contributed by atoms with E-state index in [1.165, 1.54) is 25.1 Å². The minimum atomic E-state index is -3.44. The van der Waals surface area contributed by atoms with E-state index in [1.54, 1.807) is 18.2 Å². The molecule has 0 fully saturated rings. The van der Waals surface area contributed by atoms with Crippen molar-refractivity contribution in [3.05, 3.63) is 46.4 Å². The van der Waals surface area contributed by atoms with Crippen LogP contribution in [0.1, 0.15) is 19.8 Å². The van der Waals surface area contributed by atoms with Crippen molar-refractivity contribution in [2.75, 3.05) is 17.7 Å². The molecule has 0 heterocycles. The van der Waals surface area contributed by atoms with Crippen LogP contribution in [0.25, 0.3) is 0 Å². The maximum atomic E-state index is 12.0. The summed E-state index contributed by atoms with van der Waals surface area (Å²) in [5.74, 6) is -0.184. The van der Waals surface area contributed by atoms with E-state index < -0.39 is 9.84 Å². The van der Waals surface area contributed by atoms with Gasteiger partial charge in [-0.15, -0.1) is 0 Å².